The lowest BCUT2D eigenvalue weighted by Gasteiger charge is -2.26. The van der Waals surface area contributed by atoms with Gasteiger partial charge in [0.25, 0.3) is 0 Å². The number of hydrogen-bond acceptors (Lipinski definition) is 2. The largest absolute Gasteiger partial charge is 0.325 e. The van der Waals surface area contributed by atoms with Gasteiger partial charge >= 0.3 is 6.03 Å². The Hall–Kier alpha value is -1.65. The summed E-state index contributed by atoms with van der Waals surface area (Å²) < 4.78 is 13.2. The molecule has 1 fully saturated rings. The number of anilines is 1. The van der Waals surface area contributed by atoms with Crippen LogP contribution in [0.25, 0.3) is 0 Å². The van der Waals surface area contributed by atoms with Crippen molar-refractivity contribution in [3.63, 3.8) is 0 Å². The fourth-order valence-electron chi connectivity index (χ4n) is 1.77. The molecule has 0 saturated carbocycles. The van der Waals surface area contributed by atoms with Gasteiger partial charge in [0, 0.05) is 19.3 Å². The van der Waals surface area contributed by atoms with Crippen molar-refractivity contribution >= 4 is 11.7 Å². The fraction of sp³-hybridized carbons (Fsp3) is 0.455. The van der Waals surface area contributed by atoms with Gasteiger partial charge < -0.3 is 10.2 Å². The van der Waals surface area contributed by atoms with E-state index in [4.69, 9.17) is 0 Å². The number of rotatable bonds is 1. The second-order valence-electron chi connectivity index (χ2n) is 3.83. The van der Waals surface area contributed by atoms with E-state index >= 15 is 0 Å². The average molecular weight is 223 g/mol. The number of pyridine rings is 1. The van der Waals surface area contributed by atoms with Gasteiger partial charge in [-0.15, -0.1) is 0 Å². The monoisotopic (exact) mass is 223 g/mol. The zero-order chi connectivity index (χ0) is 11.4. The van der Waals surface area contributed by atoms with Gasteiger partial charge in [-0.3, -0.25) is 4.98 Å². The lowest BCUT2D eigenvalue weighted by molar-refractivity contribution is 0.200. The van der Waals surface area contributed by atoms with E-state index in [2.05, 4.69) is 10.3 Å². The first-order valence-corrected chi connectivity index (χ1v) is 5.43. The number of likely N-dealkylation sites (tertiary alicyclic amines) is 1. The summed E-state index contributed by atoms with van der Waals surface area (Å²) in [4.78, 5) is 17.1. The number of halogens is 1. The number of carbonyl (C=O) groups is 1. The van der Waals surface area contributed by atoms with Crippen molar-refractivity contribution in [1.82, 2.24) is 9.88 Å². The van der Waals surface area contributed by atoms with E-state index in [9.17, 15) is 9.18 Å². The Labute approximate surface area is 93.5 Å². The first-order valence-electron chi connectivity index (χ1n) is 5.43. The van der Waals surface area contributed by atoms with Crippen molar-refractivity contribution in [1.29, 1.82) is 0 Å². The van der Waals surface area contributed by atoms with Gasteiger partial charge in [0.2, 0.25) is 0 Å². The van der Waals surface area contributed by atoms with Crippen LogP contribution in [0.4, 0.5) is 14.9 Å². The third-order valence-electron chi connectivity index (χ3n) is 2.66. The highest BCUT2D eigenvalue weighted by Gasteiger charge is 2.17. The number of nitrogens with zero attached hydrogens (tertiary/aromatic N) is 2. The third-order valence-corrected chi connectivity index (χ3v) is 2.66. The molecule has 1 aromatic heterocycles. The Balaban J connectivity index is 1.99. The quantitative estimate of drug-likeness (QED) is 0.793. The summed E-state index contributed by atoms with van der Waals surface area (Å²) in [6.07, 6.45) is 5.74. The van der Waals surface area contributed by atoms with Crippen molar-refractivity contribution in [2.45, 2.75) is 19.3 Å². The first-order chi connectivity index (χ1) is 7.77. The third kappa shape index (κ3) is 2.48. The highest BCUT2D eigenvalue weighted by atomic mass is 19.1. The molecule has 16 heavy (non-hydrogen) atoms. The standard InChI is InChI=1S/C11H14FN3O/c12-9-8-13-5-4-10(9)14-11(16)15-6-2-1-3-7-15/h4-5,8H,1-3,6-7H2,(H,13,14,16). The van der Waals surface area contributed by atoms with E-state index < -0.39 is 5.82 Å². The molecule has 0 unspecified atom stereocenters. The van der Waals surface area contributed by atoms with Gasteiger partial charge in [-0.2, -0.15) is 0 Å². The molecule has 1 aromatic rings. The zero-order valence-corrected chi connectivity index (χ0v) is 8.95. The molecule has 1 saturated heterocycles. The SMILES string of the molecule is O=C(Nc1ccncc1F)N1CCCCC1. The van der Waals surface area contributed by atoms with Crippen molar-refractivity contribution in [2.75, 3.05) is 18.4 Å². The minimum Gasteiger partial charge on any atom is -0.325 e. The Morgan fingerprint density at radius 1 is 1.38 bits per heavy atom. The molecule has 0 aromatic carbocycles. The summed E-state index contributed by atoms with van der Waals surface area (Å²) in [6, 6.07) is 1.22. The van der Waals surface area contributed by atoms with E-state index in [1.165, 1.54) is 12.3 Å². The first kappa shape index (κ1) is 10.9. The predicted octanol–water partition coefficient (Wildman–Crippen LogP) is 2.24. The normalized spacial score (nSPS) is 15.9. The highest BCUT2D eigenvalue weighted by Crippen LogP contribution is 2.14. The summed E-state index contributed by atoms with van der Waals surface area (Å²) in [5, 5.41) is 2.55. The highest BCUT2D eigenvalue weighted by molar-refractivity contribution is 5.89. The number of nitrogens with one attached hydrogen (secondary N) is 1. The van der Waals surface area contributed by atoms with E-state index in [-0.39, 0.29) is 11.7 Å². The van der Waals surface area contributed by atoms with Crippen LogP contribution in [0.2, 0.25) is 0 Å². The van der Waals surface area contributed by atoms with E-state index in [0.29, 0.717) is 0 Å². The summed E-state index contributed by atoms with van der Waals surface area (Å²) >= 11 is 0. The molecular formula is C11H14FN3O. The molecule has 0 radical (unpaired) electrons. The molecule has 0 aliphatic carbocycles. The van der Waals surface area contributed by atoms with Crippen molar-refractivity contribution in [2.24, 2.45) is 0 Å². The Kier molecular flexibility index (Phi) is 3.34. The number of piperidine rings is 1. The zero-order valence-electron chi connectivity index (χ0n) is 8.95. The maximum absolute atomic E-state index is 13.2. The van der Waals surface area contributed by atoms with Gasteiger partial charge in [-0.1, -0.05) is 0 Å². The van der Waals surface area contributed by atoms with E-state index in [1.54, 1.807) is 4.90 Å². The molecule has 2 rings (SSSR count). The number of aromatic nitrogens is 1. The molecule has 2 amide bonds. The number of carbonyl (C=O) groups excluding carboxylic acids is 1. The summed E-state index contributed by atoms with van der Waals surface area (Å²) in [5.74, 6) is -0.507. The molecule has 5 heteroatoms. The second-order valence-corrected chi connectivity index (χ2v) is 3.83. The predicted molar refractivity (Wildman–Crippen MR) is 58.6 cm³/mol. The minimum atomic E-state index is -0.507. The molecule has 1 aliphatic heterocycles. The summed E-state index contributed by atoms with van der Waals surface area (Å²) in [7, 11) is 0. The van der Waals surface area contributed by atoms with Crippen LogP contribution in [0.3, 0.4) is 0 Å². The summed E-state index contributed by atoms with van der Waals surface area (Å²) in [5.41, 5.74) is 0.186. The van der Waals surface area contributed by atoms with Gasteiger partial charge in [-0.25, -0.2) is 9.18 Å². The van der Waals surface area contributed by atoms with E-state index in [1.807, 2.05) is 0 Å². The van der Waals surface area contributed by atoms with Crippen LogP contribution < -0.4 is 5.32 Å². The van der Waals surface area contributed by atoms with Gasteiger partial charge in [0.05, 0.1) is 11.9 Å². The number of urea groups is 1. The topological polar surface area (TPSA) is 45.2 Å². The minimum absolute atomic E-state index is 0.186. The van der Waals surface area contributed by atoms with Crippen molar-refractivity contribution in [3.05, 3.63) is 24.3 Å². The molecule has 0 spiro atoms. The number of hydrogen-bond donors (Lipinski definition) is 1. The molecule has 86 valence electrons. The van der Waals surface area contributed by atoms with Crippen LogP contribution in [-0.2, 0) is 0 Å². The Morgan fingerprint density at radius 2 is 2.12 bits per heavy atom. The molecule has 4 nitrogen and oxygen atoms in total. The Morgan fingerprint density at radius 3 is 2.81 bits per heavy atom. The van der Waals surface area contributed by atoms with Crippen molar-refractivity contribution < 1.29 is 9.18 Å². The molecule has 0 atom stereocenters. The molecule has 1 N–H and O–H groups in total. The van der Waals surface area contributed by atoms with Gasteiger partial charge in [0.15, 0.2) is 5.82 Å². The molecule has 2 heterocycles. The maximum Gasteiger partial charge on any atom is 0.321 e. The molecular weight excluding hydrogens is 209 g/mol. The lowest BCUT2D eigenvalue weighted by atomic mass is 10.1. The van der Waals surface area contributed by atoms with E-state index in [0.717, 1.165) is 38.5 Å². The molecule has 0 bridgehead atoms. The van der Waals surface area contributed by atoms with Crippen LogP contribution in [0.1, 0.15) is 19.3 Å². The van der Waals surface area contributed by atoms with Crippen LogP contribution in [0, 0.1) is 5.82 Å². The molecule has 1 aliphatic rings. The van der Waals surface area contributed by atoms with Crippen LogP contribution in [0.5, 0.6) is 0 Å². The van der Waals surface area contributed by atoms with Gasteiger partial charge in [-0.05, 0) is 25.3 Å². The Bertz CT molecular complexity index is 377. The van der Waals surface area contributed by atoms with Crippen LogP contribution in [0.15, 0.2) is 18.5 Å². The van der Waals surface area contributed by atoms with Crippen LogP contribution in [-0.4, -0.2) is 29.0 Å². The van der Waals surface area contributed by atoms with Crippen molar-refractivity contribution in [3.8, 4) is 0 Å². The second kappa shape index (κ2) is 4.92. The van der Waals surface area contributed by atoms with Gasteiger partial charge in [0.1, 0.15) is 0 Å². The lowest BCUT2D eigenvalue weighted by Crippen LogP contribution is -2.38. The maximum atomic E-state index is 13.2. The number of amides is 2. The van der Waals surface area contributed by atoms with Crippen LogP contribution >= 0.6 is 0 Å². The fourth-order valence-corrected chi connectivity index (χ4v) is 1.77. The smallest absolute Gasteiger partial charge is 0.321 e. The summed E-state index contributed by atoms with van der Waals surface area (Å²) in [6.45, 7) is 1.50. The average Bonchev–Trinajstić information content (AvgIpc) is 2.33.